The van der Waals surface area contributed by atoms with E-state index >= 15 is 0 Å². The van der Waals surface area contributed by atoms with Crippen molar-refractivity contribution in [3.05, 3.63) is 11.1 Å². The van der Waals surface area contributed by atoms with Crippen LogP contribution in [0.2, 0.25) is 0 Å². The van der Waals surface area contributed by atoms with Crippen LogP contribution >= 0.6 is 15.9 Å². The Hall–Kier alpha value is -1.08. The summed E-state index contributed by atoms with van der Waals surface area (Å²) in [5.74, 6) is -1.38. The van der Waals surface area contributed by atoms with Crippen LogP contribution < -0.4 is 10.6 Å². The third-order valence-electron chi connectivity index (χ3n) is 1.18. The van der Waals surface area contributed by atoms with Gasteiger partial charge in [0.05, 0.1) is 13.1 Å². The molecule has 2 amide bonds. The van der Waals surface area contributed by atoms with Crippen molar-refractivity contribution in [1.29, 1.82) is 0 Å². The maximum absolute atomic E-state index is 10.9. The van der Waals surface area contributed by atoms with Crippen molar-refractivity contribution >= 4 is 27.9 Å². The van der Waals surface area contributed by atoms with Crippen LogP contribution in [0.1, 0.15) is 0 Å². The lowest BCUT2D eigenvalue weighted by atomic mass is 10.4. The van der Waals surface area contributed by atoms with Gasteiger partial charge in [0.1, 0.15) is 0 Å². The number of carbonyl (C=O) groups is 2. The zero-order valence-electron chi connectivity index (χ0n) is 7.29. The predicted molar refractivity (Wildman–Crippen MR) is 53.1 cm³/mol. The maximum atomic E-state index is 10.9. The second kappa shape index (κ2) is 6.39. The minimum absolute atomic E-state index is 0.231. The van der Waals surface area contributed by atoms with Crippen LogP contribution in [0.3, 0.4) is 0 Å². The summed E-state index contributed by atoms with van der Waals surface area (Å²) in [6, 6.07) is -0.564. The van der Waals surface area contributed by atoms with Crippen LogP contribution in [0.15, 0.2) is 11.1 Å². The number of aliphatic carboxylic acids is 1. The van der Waals surface area contributed by atoms with Gasteiger partial charge < -0.3 is 20.8 Å². The molecule has 7 heteroatoms. The Balaban J connectivity index is 3.64. The number of aliphatic hydroxyl groups is 1. The van der Waals surface area contributed by atoms with Crippen molar-refractivity contribution < 1.29 is 19.8 Å². The molecule has 1 unspecified atom stereocenters. The molecule has 0 saturated carbocycles. The van der Waals surface area contributed by atoms with Crippen molar-refractivity contribution in [1.82, 2.24) is 10.6 Å². The summed E-state index contributed by atoms with van der Waals surface area (Å²) in [5.41, 5.74) is 0. The van der Waals surface area contributed by atoms with Gasteiger partial charge in [0.15, 0.2) is 6.10 Å². The normalized spacial score (nSPS) is 11.6. The molecule has 0 aromatic heterocycles. The Morgan fingerprint density at radius 3 is 2.43 bits per heavy atom. The van der Waals surface area contributed by atoms with E-state index in [0.29, 0.717) is 4.48 Å². The molecule has 0 rings (SSSR count). The molecule has 0 fully saturated rings. The second-order valence-electron chi connectivity index (χ2n) is 2.43. The fourth-order valence-electron chi connectivity index (χ4n) is 0.515. The summed E-state index contributed by atoms with van der Waals surface area (Å²) in [7, 11) is 0. The largest absolute Gasteiger partial charge is 0.479 e. The van der Waals surface area contributed by atoms with Crippen LogP contribution in [-0.4, -0.2) is 41.4 Å². The number of urea groups is 1. The number of hydrogen-bond donors (Lipinski definition) is 4. The van der Waals surface area contributed by atoms with Gasteiger partial charge >= 0.3 is 12.0 Å². The molecule has 80 valence electrons. The predicted octanol–water partition coefficient (Wildman–Crippen LogP) is -0.360. The van der Waals surface area contributed by atoms with Gasteiger partial charge in [-0.15, -0.1) is 0 Å². The fraction of sp³-hybridized carbons (Fsp3) is 0.429. The molecule has 0 aliphatic carbocycles. The zero-order chi connectivity index (χ0) is 11.1. The Labute approximate surface area is 89.1 Å². The molecule has 6 nitrogen and oxygen atoms in total. The van der Waals surface area contributed by atoms with Crippen LogP contribution in [0.4, 0.5) is 4.79 Å². The van der Waals surface area contributed by atoms with Crippen LogP contribution in [0.25, 0.3) is 0 Å². The first-order chi connectivity index (χ1) is 6.43. The maximum Gasteiger partial charge on any atom is 0.334 e. The van der Waals surface area contributed by atoms with E-state index in [9.17, 15) is 9.59 Å². The zero-order valence-corrected chi connectivity index (χ0v) is 8.87. The van der Waals surface area contributed by atoms with Crippen molar-refractivity contribution in [2.75, 3.05) is 13.1 Å². The number of nitrogens with one attached hydrogen (secondary N) is 2. The average molecular weight is 267 g/mol. The molecule has 0 heterocycles. The van der Waals surface area contributed by atoms with Crippen molar-refractivity contribution in [2.45, 2.75) is 6.10 Å². The lowest BCUT2D eigenvalue weighted by Crippen LogP contribution is -2.42. The third-order valence-corrected chi connectivity index (χ3v) is 1.46. The first kappa shape index (κ1) is 12.9. The molecule has 0 aliphatic rings. The molecule has 0 bridgehead atoms. The molecule has 0 spiro atoms. The number of carboxylic acids is 1. The Bertz CT molecular complexity index is 244. The van der Waals surface area contributed by atoms with Gasteiger partial charge in [-0.25, -0.2) is 9.59 Å². The summed E-state index contributed by atoms with van der Waals surface area (Å²) < 4.78 is 0.589. The fourth-order valence-corrected chi connectivity index (χ4v) is 0.656. The summed E-state index contributed by atoms with van der Waals surface area (Å²) in [5, 5.41) is 21.6. The van der Waals surface area contributed by atoms with Gasteiger partial charge in [0.25, 0.3) is 0 Å². The summed E-state index contributed by atoms with van der Waals surface area (Å²) >= 11 is 3.03. The number of rotatable bonds is 5. The highest BCUT2D eigenvalue weighted by molar-refractivity contribution is 9.11. The monoisotopic (exact) mass is 266 g/mol. The molecular weight excluding hydrogens is 256 g/mol. The summed E-state index contributed by atoms with van der Waals surface area (Å²) in [6.45, 7) is 3.37. The van der Waals surface area contributed by atoms with Crippen LogP contribution in [-0.2, 0) is 4.79 Å². The molecule has 0 aliphatic heterocycles. The number of halogens is 1. The van der Waals surface area contributed by atoms with Crippen molar-refractivity contribution in [3.63, 3.8) is 0 Å². The highest BCUT2D eigenvalue weighted by atomic mass is 79.9. The molecule has 0 aromatic carbocycles. The van der Waals surface area contributed by atoms with Gasteiger partial charge in [-0.1, -0.05) is 22.5 Å². The molecule has 0 saturated heterocycles. The average Bonchev–Trinajstić information content (AvgIpc) is 2.10. The number of aliphatic hydroxyl groups excluding tert-OH is 1. The Kier molecular flexibility index (Phi) is 5.89. The summed E-state index contributed by atoms with van der Waals surface area (Å²) in [4.78, 5) is 21.0. The molecule has 0 aromatic rings. The topological polar surface area (TPSA) is 98.7 Å². The van der Waals surface area contributed by atoms with Gasteiger partial charge in [0, 0.05) is 4.48 Å². The number of carboxylic acid groups (broad SMARTS) is 1. The van der Waals surface area contributed by atoms with E-state index in [1.807, 2.05) is 0 Å². The lowest BCUT2D eigenvalue weighted by molar-refractivity contribution is -0.146. The van der Waals surface area contributed by atoms with Gasteiger partial charge in [0.2, 0.25) is 0 Å². The van der Waals surface area contributed by atoms with E-state index in [1.54, 1.807) is 0 Å². The SMILES string of the molecule is C=C(Br)CNC(=O)NCC(O)C(=O)O. The smallest absolute Gasteiger partial charge is 0.334 e. The molecule has 1 atom stereocenters. The molecule has 0 radical (unpaired) electrons. The standard InChI is InChI=1S/C7H11BrN2O4/c1-4(8)2-9-7(14)10-3-5(11)6(12)13/h5,11H,1-3H2,(H,12,13)(H2,9,10,14). The molecule has 4 N–H and O–H groups in total. The minimum atomic E-state index is -1.59. The van der Waals surface area contributed by atoms with E-state index in [0.717, 1.165) is 0 Å². The molecular formula is C7H11BrN2O4. The highest BCUT2D eigenvalue weighted by Gasteiger charge is 2.13. The minimum Gasteiger partial charge on any atom is -0.479 e. The van der Waals surface area contributed by atoms with E-state index in [2.05, 4.69) is 33.1 Å². The lowest BCUT2D eigenvalue weighted by Gasteiger charge is -2.08. The second-order valence-corrected chi connectivity index (χ2v) is 3.56. The number of carbonyl (C=O) groups excluding carboxylic acids is 1. The van der Waals surface area contributed by atoms with E-state index in [4.69, 9.17) is 10.2 Å². The first-order valence-corrected chi connectivity index (χ1v) is 4.48. The van der Waals surface area contributed by atoms with Crippen molar-refractivity contribution in [3.8, 4) is 0 Å². The van der Waals surface area contributed by atoms with E-state index in [1.165, 1.54) is 0 Å². The molecule has 14 heavy (non-hydrogen) atoms. The van der Waals surface area contributed by atoms with Crippen molar-refractivity contribution in [2.24, 2.45) is 0 Å². The quantitative estimate of drug-likeness (QED) is 0.546. The van der Waals surface area contributed by atoms with Crippen LogP contribution in [0, 0.1) is 0 Å². The number of amides is 2. The third kappa shape index (κ3) is 6.44. The Morgan fingerprint density at radius 1 is 1.43 bits per heavy atom. The van der Waals surface area contributed by atoms with Crippen LogP contribution in [0.5, 0.6) is 0 Å². The first-order valence-electron chi connectivity index (χ1n) is 3.69. The van der Waals surface area contributed by atoms with E-state index < -0.39 is 18.1 Å². The van der Waals surface area contributed by atoms with E-state index in [-0.39, 0.29) is 13.1 Å². The van der Waals surface area contributed by atoms with Gasteiger partial charge in [-0.2, -0.15) is 0 Å². The number of hydrogen-bond acceptors (Lipinski definition) is 3. The van der Waals surface area contributed by atoms with Gasteiger partial charge in [-0.3, -0.25) is 0 Å². The Morgan fingerprint density at radius 2 is 2.00 bits per heavy atom. The highest BCUT2D eigenvalue weighted by Crippen LogP contribution is 1.95. The van der Waals surface area contributed by atoms with Gasteiger partial charge in [-0.05, 0) is 0 Å². The summed E-state index contributed by atoms with van der Waals surface area (Å²) in [6.07, 6.45) is -1.59.